The molecule has 0 heterocycles. The average Bonchev–Trinajstić information content (AvgIpc) is 2.22. The lowest BCUT2D eigenvalue weighted by atomic mass is 10.1. The average molecular weight is 311 g/mol. The van der Waals surface area contributed by atoms with Crippen molar-refractivity contribution < 1.29 is 17.9 Å². The molecular formula is C10H10BrF3N2O. The molecule has 3 nitrogen and oxygen atoms in total. The molecule has 0 saturated carbocycles. The van der Waals surface area contributed by atoms with Crippen molar-refractivity contribution in [2.45, 2.75) is 13.3 Å². The highest BCUT2D eigenvalue weighted by molar-refractivity contribution is 9.10. The third-order valence-corrected chi connectivity index (χ3v) is 2.49. The van der Waals surface area contributed by atoms with Crippen LogP contribution in [0.15, 0.2) is 16.6 Å². The van der Waals surface area contributed by atoms with Crippen LogP contribution in [0.3, 0.4) is 0 Å². The number of hydrogen-bond donors (Lipinski definition) is 2. The molecule has 0 spiro atoms. The van der Waals surface area contributed by atoms with Gasteiger partial charge in [-0.2, -0.15) is 0 Å². The van der Waals surface area contributed by atoms with Crippen molar-refractivity contribution >= 4 is 27.8 Å². The van der Waals surface area contributed by atoms with Crippen LogP contribution in [0.2, 0.25) is 0 Å². The topological polar surface area (TPSA) is 45.1 Å². The van der Waals surface area contributed by atoms with Gasteiger partial charge in [-0.15, -0.1) is 13.2 Å². The molecule has 0 unspecified atom stereocenters. The number of rotatable bonds is 4. The maximum atomic E-state index is 12.2. The number of anilines is 1. The molecule has 94 valence electrons. The predicted octanol–water partition coefficient (Wildman–Crippen LogP) is 3.78. The summed E-state index contributed by atoms with van der Waals surface area (Å²) < 4.78 is 40.9. The molecule has 0 saturated heterocycles. The van der Waals surface area contributed by atoms with E-state index in [1.807, 2.05) is 0 Å². The molecule has 0 radical (unpaired) electrons. The Balaban J connectivity index is 3.28. The summed E-state index contributed by atoms with van der Waals surface area (Å²) in [7, 11) is 0. The van der Waals surface area contributed by atoms with Gasteiger partial charge < -0.3 is 15.5 Å². The minimum absolute atomic E-state index is 0.147. The Morgan fingerprint density at radius 1 is 1.47 bits per heavy atom. The lowest BCUT2D eigenvalue weighted by molar-refractivity contribution is -0.274. The van der Waals surface area contributed by atoms with Crippen LogP contribution in [-0.2, 0) is 0 Å². The van der Waals surface area contributed by atoms with Crippen molar-refractivity contribution in [1.82, 2.24) is 0 Å². The Hall–Kier alpha value is -1.24. The molecule has 0 amide bonds. The smallest absolute Gasteiger partial charge is 0.402 e. The zero-order chi connectivity index (χ0) is 13.1. The largest absolute Gasteiger partial charge is 0.573 e. The summed E-state index contributed by atoms with van der Waals surface area (Å²) >= 11 is 2.99. The second-order valence-corrected chi connectivity index (χ2v) is 3.92. The highest BCUT2D eigenvalue weighted by Gasteiger charge is 2.33. The maximum Gasteiger partial charge on any atom is 0.573 e. The van der Waals surface area contributed by atoms with Crippen LogP contribution in [-0.4, -0.2) is 19.1 Å². The molecular weight excluding hydrogens is 301 g/mol. The van der Waals surface area contributed by atoms with Crippen molar-refractivity contribution in [3.05, 3.63) is 22.2 Å². The van der Waals surface area contributed by atoms with E-state index in [4.69, 9.17) is 5.41 Å². The summed E-state index contributed by atoms with van der Waals surface area (Å²) in [5, 5.41) is 9.90. The van der Waals surface area contributed by atoms with Crippen molar-refractivity contribution in [2.24, 2.45) is 0 Å². The van der Waals surface area contributed by atoms with E-state index in [1.165, 1.54) is 12.1 Å². The zero-order valence-electron chi connectivity index (χ0n) is 8.86. The van der Waals surface area contributed by atoms with Crippen LogP contribution in [0.5, 0.6) is 5.75 Å². The normalized spacial score (nSPS) is 11.1. The van der Waals surface area contributed by atoms with Crippen LogP contribution in [0, 0.1) is 5.41 Å². The van der Waals surface area contributed by atoms with E-state index in [0.717, 1.165) is 6.21 Å². The van der Waals surface area contributed by atoms with Crippen molar-refractivity contribution in [1.29, 1.82) is 5.41 Å². The monoisotopic (exact) mass is 310 g/mol. The number of halogens is 4. The molecule has 0 bridgehead atoms. The summed E-state index contributed by atoms with van der Waals surface area (Å²) in [5.41, 5.74) is 0.475. The zero-order valence-corrected chi connectivity index (χ0v) is 10.4. The van der Waals surface area contributed by atoms with Gasteiger partial charge in [-0.3, -0.25) is 0 Å². The Morgan fingerprint density at radius 3 is 2.59 bits per heavy atom. The van der Waals surface area contributed by atoms with Gasteiger partial charge in [-0.25, -0.2) is 0 Å². The molecule has 0 aromatic heterocycles. The predicted molar refractivity (Wildman–Crippen MR) is 62.9 cm³/mol. The summed E-state index contributed by atoms with van der Waals surface area (Å²) in [6, 6.07) is 2.93. The standard InChI is InChI=1S/C10H10BrF3N2O/c1-2-16-8-6(5-15)3-4-7(11)9(8)17-10(12,13)14/h3-5,15-16H,2H2,1H3. The number of benzene rings is 1. The van der Waals surface area contributed by atoms with E-state index in [1.54, 1.807) is 6.92 Å². The fraction of sp³-hybridized carbons (Fsp3) is 0.300. The van der Waals surface area contributed by atoms with Crippen LogP contribution in [0.1, 0.15) is 12.5 Å². The molecule has 0 fully saturated rings. The molecule has 0 aliphatic carbocycles. The lowest BCUT2D eigenvalue weighted by Crippen LogP contribution is -2.19. The third-order valence-electron chi connectivity index (χ3n) is 1.87. The molecule has 0 aliphatic heterocycles. The SMILES string of the molecule is CCNc1c(C=N)ccc(Br)c1OC(F)(F)F. The Bertz CT molecular complexity index is 421. The van der Waals surface area contributed by atoms with Gasteiger partial charge in [-0.05, 0) is 35.0 Å². The first-order valence-electron chi connectivity index (χ1n) is 4.71. The number of alkyl halides is 3. The van der Waals surface area contributed by atoms with E-state index < -0.39 is 6.36 Å². The summed E-state index contributed by atoms with van der Waals surface area (Å²) in [6.07, 6.45) is -3.80. The Labute approximate surface area is 105 Å². The second kappa shape index (κ2) is 5.39. The Morgan fingerprint density at radius 2 is 2.12 bits per heavy atom. The van der Waals surface area contributed by atoms with Gasteiger partial charge in [0.25, 0.3) is 0 Å². The molecule has 1 rings (SSSR count). The molecule has 17 heavy (non-hydrogen) atoms. The van der Waals surface area contributed by atoms with Crippen molar-refractivity contribution in [3.8, 4) is 5.75 Å². The quantitative estimate of drug-likeness (QED) is 0.831. The first kappa shape index (κ1) is 13.8. The first-order valence-corrected chi connectivity index (χ1v) is 5.51. The van der Waals surface area contributed by atoms with E-state index in [9.17, 15) is 13.2 Å². The third kappa shape index (κ3) is 3.62. The van der Waals surface area contributed by atoms with Gasteiger partial charge in [0, 0.05) is 18.3 Å². The van der Waals surface area contributed by atoms with E-state index in [2.05, 4.69) is 26.0 Å². The van der Waals surface area contributed by atoms with E-state index in [-0.39, 0.29) is 15.9 Å². The molecule has 7 heteroatoms. The maximum absolute atomic E-state index is 12.2. The second-order valence-electron chi connectivity index (χ2n) is 3.06. The number of nitrogens with one attached hydrogen (secondary N) is 2. The molecule has 0 atom stereocenters. The summed E-state index contributed by atoms with van der Waals surface area (Å²) in [5.74, 6) is -0.361. The minimum Gasteiger partial charge on any atom is -0.402 e. The molecule has 1 aromatic carbocycles. The van der Waals surface area contributed by atoms with Gasteiger partial charge in [-0.1, -0.05) is 0 Å². The number of hydrogen-bond acceptors (Lipinski definition) is 3. The van der Waals surface area contributed by atoms with Gasteiger partial charge in [0.2, 0.25) is 0 Å². The van der Waals surface area contributed by atoms with Gasteiger partial charge >= 0.3 is 6.36 Å². The summed E-state index contributed by atoms with van der Waals surface area (Å²) in [6.45, 7) is 2.16. The summed E-state index contributed by atoms with van der Waals surface area (Å²) in [4.78, 5) is 0. The fourth-order valence-electron chi connectivity index (χ4n) is 1.27. The van der Waals surface area contributed by atoms with Crippen LogP contribution in [0.25, 0.3) is 0 Å². The van der Waals surface area contributed by atoms with Gasteiger partial charge in [0.05, 0.1) is 10.2 Å². The molecule has 0 aliphatic rings. The van der Waals surface area contributed by atoms with E-state index in [0.29, 0.717) is 12.1 Å². The van der Waals surface area contributed by atoms with Gasteiger partial charge in [0.1, 0.15) is 0 Å². The Kier molecular flexibility index (Phi) is 4.39. The molecule has 1 aromatic rings. The van der Waals surface area contributed by atoms with E-state index >= 15 is 0 Å². The number of ether oxygens (including phenoxy) is 1. The highest BCUT2D eigenvalue weighted by atomic mass is 79.9. The minimum atomic E-state index is -4.77. The van der Waals surface area contributed by atoms with Crippen LogP contribution < -0.4 is 10.1 Å². The lowest BCUT2D eigenvalue weighted by Gasteiger charge is -2.17. The van der Waals surface area contributed by atoms with Crippen molar-refractivity contribution in [2.75, 3.05) is 11.9 Å². The highest BCUT2D eigenvalue weighted by Crippen LogP contribution is 2.38. The molecule has 2 N–H and O–H groups in total. The van der Waals surface area contributed by atoms with Crippen LogP contribution >= 0.6 is 15.9 Å². The van der Waals surface area contributed by atoms with Crippen LogP contribution in [0.4, 0.5) is 18.9 Å². The van der Waals surface area contributed by atoms with Crippen molar-refractivity contribution in [3.63, 3.8) is 0 Å². The first-order chi connectivity index (χ1) is 7.89. The van der Waals surface area contributed by atoms with Gasteiger partial charge in [0.15, 0.2) is 5.75 Å². The fourth-order valence-corrected chi connectivity index (χ4v) is 1.68.